The molecule has 0 aliphatic heterocycles. The summed E-state index contributed by atoms with van der Waals surface area (Å²) in [6, 6.07) is 13.3. The van der Waals surface area contributed by atoms with E-state index >= 15 is 0 Å². The summed E-state index contributed by atoms with van der Waals surface area (Å²) in [5.41, 5.74) is 1.26. The number of carbonyl (C=O) groups is 1. The van der Waals surface area contributed by atoms with Gasteiger partial charge in [0, 0.05) is 25.2 Å². The topological polar surface area (TPSA) is 95.9 Å². The summed E-state index contributed by atoms with van der Waals surface area (Å²) >= 11 is 0. The number of aliphatic hydroxyl groups excluding tert-OH is 1. The zero-order valence-corrected chi connectivity index (χ0v) is 17.8. The number of nitrogens with one attached hydrogen (secondary N) is 1. The molecule has 8 heteroatoms. The number of hydrogen-bond donors (Lipinski definition) is 2. The summed E-state index contributed by atoms with van der Waals surface area (Å²) < 4.78 is 32.1. The van der Waals surface area contributed by atoms with Gasteiger partial charge in [0.2, 0.25) is 10.0 Å². The van der Waals surface area contributed by atoms with Gasteiger partial charge in [0.15, 0.2) is 0 Å². The molecule has 0 aliphatic carbocycles. The van der Waals surface area contributed by atoms with Crippen LogP contribution in [0.25, 0.3) is 0 Å². The first-order chi connectivity index (χ1) is 13.8. The largest absolute Gasteiger partial charge is 0.491 e. The predicted octanol–water partition coefficient (Wildman–Crippen LogP) is 2.20. The first-order valence-corrected chi connectivity index (χ1v) is 11.0. The SMILES string of the molecule is CCN(CC)S(=O)(=O)c1cccc(C(=O)NCC(O)COc2cccc(C)c2)c1. The van der Waals surface area contributed by atoms with Gasteiger partial charge in [0.1, 0.15) is 18.5 Å². The predicted molar refractivity (Wildman–Crippen MR) is 112 cm³/mol. The van der Waals surface area contributed by atoms with Crippen molar-refractivity contribution in [2.75, 3.05) is 26.2 Å². The number of nitrogens with zero attached hydrogens (tertiary/aromatic N) is 1. The van der Waals surface area contributed by atoms with Crippen LogP contribution in [0.1, 0.15) is 29.8 Å². The van der Waals surface area contributed by atoms with E-state index in [-0.39, 0.29) is 23.6 Å². The Kier molecular flexibility index (Phi) is 8.19. The zero-order chi connectivity index (χ0) is 21.4. The molecule has 1 unspecified atom stereocenters. The van der Waals surface area contributed by atoms with E-state index in [0.29, 0.717) is 18.8 Å². The highest BCUT2D eigenvalue weighted by atomic mass is 32.2. The molecule has 0 aliphatic rings. The smallest absolute Gasteiger partial charge is 0.251 e. The Morgan fingerprint density at radius 3 is 2.48 bits per heavy atom. The first kappa shape index (κ1) is 22.9. The van der Waals surface area contributed by atoms with Gasteiger partial charge in [-0.15, -0.1) is 0 Å². The third kappa shape index (κ3) is 6.28. The van der Waals surface area contributed by atoms with Crippen LogP contribution in [0.15, 0.2) is 53.4 Å². The highest BCUT2D eigenvalue weighted by Gasteiger charge is 2.22. The monoisotopic (exact) mass is 420 g/mol. The molecule has 0 saturated carbocycles. The lowest BCUT2D eigenvalue weighted by Crippen LogP contribution is -2.35. The van der Waals surface area contributed by atoms with Crippen molar-refractivity contribution in [2.24, 2.45) is 0 Å². The van der Waals surface area contributed by atoms with Gasteiger partial charge in [0.25, 0.3) is 5.91 Å². The third-order valence-corrected chi connectivity index (χ3v) is 6.42. The van der Waals surface area contributed by atoms with Crippen molar-refractivity contribution in [1.82, 2.24) is 9.62 Å². The van der Waals surface area contributed by atoms with E-state index < -0.39 is 22.0 Å². The Balaban J connectivity index is 1.95. The van der Waals surface area contributed by atoms with E-state index in [0.717, 1.165) is 5.56 Å². The van der Waals surface area contributed by atoms with Gasteiger partial charge in [-0.1, -0.05) is 32.0 Å². The van der Waals surface area contributed by atoms with E-state index in [1.165, 1.54) is 28.6 Å². The fraction of sp³-hybridized carbons (Fsp3) is 0.381. The van der Waals surface area contributed by atoms with Crippen LogP contribution >= 0.6 is 0 Å². The highest BCUT2D eigenvalue weighted by Crippen LogP contribution is 2.17. The summed E-state index contributed by atoms with van der Waals surface area (Å²) in [6.07, 6.45) is -0.901. The molecule has 2 N–H and O–H groups in total. The van der Waals surface area contributed by atoms with Crippen molar-refractivity contribution in [3.63, 3.8) is 0 Å². The zero-order valence-electron chi connectivity index (χ0n) is 17.0. The second-order valence-electron chi connectivity index (χ2n) is 6.61. The van der Waals surface area contributed by atoms with Gasteiger partial charge >= 0.3 is 0 Å². The molecule has 2 aromatic carbocycles. The molecule has 0 aromatic heterocycles. The standard InChI is InChI=1S/C21H28N2O5S/c1-4-23(5-2)29(26,27)20-11-7-9-17(13-20)21(25)22-14-18(24)15-28-19-10-6-8-16(3)12-19/h6-13,18,24H,4-5,14-15H2,1-3H3,(H,22,25). The van der Waals surface area contributed by atoms with E-state index in [1.807, 2.05) is 25.1 Å². The van der Waals surface area contributed by atoms with Crippen molar-refractivity contribution in [3.05, 3.63) is 59.7 Å². The van der Waals surface area contributed by atoms with Gasteiger partial charge in [-0.2, -0.15) is 4.31 Å². The summed E-state index contributed by atoms with van der Waals surface area (Å²) in [4.78, 5) is 12.5. The molecule has 0 spiro atoms. The lowest BCUT2D eigenvalue weighted by Gasteiger charge is -2.19. The Morgan fingerprint density at radius 2 is 1.83 bits per heavy atom. The van der Waals surface area contributed by atoms with Crippen molar-refractivity contribution in [3.8, 4) is 5.75 Å². The second-order valence-corrected chi connectivity index (χ2v) is 8.55. The fourth-order valence-corrected chi connectivity index (χ4v) is 4.28. The third-order valence-electron chi connectivity index (χ3n) is 4.37. The molecule has 0 fully saturated rings. The molecule has 2 aromatic rings. The number of amides is 1. The number of rotatable bonds is 10. The fourth-order valence-electron chi connectivity index (χ4n) is 2.78. The number of ether oxygens (including phenoxy) is 1. The Bertz CT molecular complexity index is 926. The maximum absolute atomic E-state index is 12.6. The molecule has 29 heavy (non-hydrogen) atoms. The molecule has 158 valence electrons. The van der Waals surface area contributed by atoms with E-state index in [2.05, 4.69) is 5.32 Å². The summed E-state index contributed by atoms with van der Waals surface area (Å²) in [7, 11) is -3.65. The van der Waals surface area contributed by atoms with Gasteiger partial charge in [-0.25, -0.2) is 8.42 Å². The second kappa shape index (κ2) is 10.4. The van der Waals surface area contributed by atoms with E-state index in [9.17, 15) is 18.3 Å². The van der Waals surface area contributed by atoms with Crippen LogP contribution in [0.4, 0.5) is 0 Å². The molecular formula is C21H28N2O5S. The minimum Gasteiger partial charge on any atom is -0.491 e. The van der Waals surface area contributed by atoms with Gasteiger partial charge in [-0.3, -0.25) is 4.79 Å². The average molecular weight is 421 g/mol. The molecule has 7 nitrogen and oxygen atoms in total. The minimum absolute atomic E-state index is 0.0162. The number of aryl methyl sites for hydroxylation is 1. The Morgan fingerprint density at radius 1 is 1.14 bits per heavy atom. The quantitative estimate of drug-likeness (QED) is 0.614. The van der Waals surface area contributed by atoms with Gasteiger partial charge < -0.3 is 15.2 Å². The van der Waals surface area contributed by atoms with Crippen LogP contribution in [0.3, 0.4) is 0 Å². The van der Waals surface area contributed by atoms with Crippen LogP contribution in [0, 0.1) is 6.92 Å². The lowest BCUT2D eigenvalue weighted by molar-refractivity contribution is 0.0843. The van der Waals surface area contributed by atoms with Crippen LogP contribution in [-0.2, 0) is 10.0 Å². The number of aliphatic hydroxyl groups is 1. The van der Waals surface area contributed by atoms with Gasteiger partial charge in [-0.05, 0) is 42.8 Å². The molecule has 0 bridgehead atoms. The maximum atomic E-state index is 12.6. The minimum atomic E-state index is -3.65. The van der Waals surface area contributed by atoms with Crippen molar-refractivity contribution in [1.29, 1.82) is 0 Å². The van der Waals surface area contributed by atoms with Crippen LogP contribution in [0.5, 0.6) is 5.75 Å². The molecule has 0 heterocycles. The van der Waals surface area contributed by atoms with Crippen molar-refractivity contribution >= 4 is 15.9 Å². The number of sulfonamides is 1. The first-order valence-electron chi connectivity index (χ1n) is 9.53. The molecule has 2 rings (SSSR count). The molecule has 0 radical (unpaired) electrons. The lowest BCUT2D eigenvalue weighted by atomic mass is 10.2. The average Bonchev–Trinajstić information content (AvgIpc) is 2.71. The number of benzene rings is 2. The van der Waals surface area contributed by atoms with Crippen molar-refractivity contribution < 1.29 is 23.1 Å². The van der Waals surface area contributed by atoms with E-state index in [1.54, 1.807) is 19.9 Å². The van der Waals surface area contributed by atoms with Crippen LogP contribution in [0.2, 0.25) is 0 Å². The molecule has 1 amide bonds. The maximum Gasteiger partial charge on any atom is 0.251 e. The van der Waals surface area contributed by atoms with Crippen molar-refractivity contribution in [2.45, 2.75) is 31.8 Å². The normalized spacial score (nSPS) is 12.6. The number of carbonyl (C=O) groups excluding carboxylic acids is 1. The number of hydrogen-bond acceptors (Lipinski definition) is 5. The summed E-state index contributed by atoms with van der Waals surface area (Å²) in [5, 5.41) is 12.7. The van der Waals surface area contributed by atoms with Gasteiger partial charge in [0.05, 0.1) is 4.90 Å². The van der Waals surface area contributed by atoms with Crippen LogP contribution in [-0.4, -0.2) is 56.1 Å². The summed E-state index contributed by atoms with van der Waals surface area (Å²) in [5.74, 6) is 0.181. The molecule has 1 atom stereocenters. The molecular weight excluding hydrogens is 392 g/mol. The molecule has 0 saturated heterocycles. The Labute approximate surface area is 172 Å². The summed E-state index contributed by atoms with van der Waals surface area (Å²) in [6.45, 7) is 6.18. The van der Waals surface area contributed by atoms with E-state index in [4.69, 9.17) is 4.74 Å². The Hall–Kier alpha value is -2.42. The van der Waals surface area contributed by atoms with Crippen LogP contribution < -0.4 is 10.1 Å². The highest BCUT2D eigenvalue weighted by molar-refractivity contribution is 7.89.